The van der Waals surface area contributed by atoms with E-state index in [1.807, 2.05) is 0 Å². The minimum absolute atomic E-state index is 0.268. The zero-order valence-corrected chi connectivity index (χ0v) is 7.75. The van der Waals surface area contributed by atoms with Crippen molar-refractivity contribution in [2.75, 3.05) is 0 Å². The number of nitrogens with one attached hydrogen (secondary N) is 1. The monoisotopic (exact) mass is 207 g/mol. The van der Waals surface area contributed by atoms with Gasteiger partial charge in [-0.1, -0.05) is 12.2 Å². The highest BCUT2D eigenvalue weighted by Crippen LogP contribution is 2.01. The molecule has 0 aromatic carbocycles. The molecule has 15 heavy (non-hydrogen) atoms. The molecule has 1 N–H and O–H groups in total. The number of carbonyl (C=O) groups excluding carboxylic acids is 2. The van der Waals surface area contributed by atoms with E-state index in [4.69, 9.17) is 4.42 Å². The smallest absolute Gasteiger partial charge is 0.355 e. The Kier molecular flexibility index (Phi) is 4.45. The average Bonchev–Trinajstić information content (AvgIpc) is 2.74. The molecule has 5 nitrogen and oxygen atoms in total. The summed E-state index contributed by atoms with van der Waals surface area (Å²) in [7, 11) is 0. The highest BCUT2D eigenvalue weighted by atomic mass is 16.7. The molecule has 0 atom stereocenters. The standard InChI is InChI=1S/C10H9NO4/c12-8-11-15-10(13)6-2-1-4-9-5-3-7-14-9/h1-8H,(H,11,12)/b4-1+,6-2+. The topological polar surface area (TPSA) is 68.5 Å². The maximum atomic E-state index is 10.8. The number of hydrogen-bond acceptors (Lipinski definition) is 4. The van der Waals surface area contributed by atoms with Crippen LogP contribution in [0.15, 0.2) is 41.0 Å². The second-order valence-corrected chi connectivity index (χ2v) is 2.39. The Morgan fingerprint density at radius 1 is 1.47 bits per heavy atom. The molecule has 0 aliphatic carbocycles. The van der Waals surface area contributed by atoms with Crippen LogP contribution >= 0.6 is 0 Å². The molecule has 1 rings (SSSR count). The van der Waals surface area contributed by atoms with Crippen molar-refractivity contribution in [1.82, 2.24) is 5.48 Å². The lowest BCUT2D eigenvalue weighted by Gasteiger charge is -1.92. The maximum absolute atomic E-state index is 10.8. The lowest BCUT2D eigenvalue weighted by molar-refractivity contribution is -0.149. The summed E-state index contributed by atoms with van der Waals surface area (Å²) in [5.74, 6) is 0.0187. The van der Waals surface area contributed by atoms with E-state index in [2.05, 4.69) is 4.84 Å². The first kappa shape index (κ1) is 10.8. The first-order valence-corrected chi connectivity index (χ1v) is 4.11. The lowest BCUT2D eigenvalue weighted by Crippen LogP contribution is -2.15. The van der Waals surface area contributed by atoms with Crippen molar-refractivity contribution in [2.24, 2.45) is 0 Å². The summed E-state index contributed by atoms with van der Waals surface area (Å²) in [6.45, 7) is 0. The Labute approximate surface area is 86.0 Å². The molecule has 1 heterocycles. The van der Waals surface area contributed by atoms with Crippen LogP contribution in [0, 0.1) is 0 Å². The van der Waals surface area contributed by atoms with Gasteiger partial charge in [0.1, 0.15) is 5.76 Å². The third-order valence-electron chi connectivity index (χ3n) is 1.35. The van der Waals surface area contributed by atoms with Crippen molar-refractivity contribution in [2.45, 2.75) is 0 Å². The van der Waals surface area contributed by atoms with Crippen molar-refractivity contribution in [3.8, 4) is 0 Å². The van der Waals surface area contributed by atoms with Crippen LogP contribution in [-0.2, 0) is 14.4 Å². The number of amides is 1. The Bertz CT molecular complexity index is 365. The molecule has 1 aromatic rings. The van der Waals surface area contributed by atoms with E-state index in [0.717, 1.165) is 6.08 Å². The van der Waals surface area contributed by atoms with Crippen molar-refractivity contribution in [1.29, 1.82) is 0 Å². The number of furan rings is 1. The van der Waals surface area contributed by atoms with Crippen molar-refractivity contribution < 1.29 is 18.8 Å². The molecular weight excluding hydrogens is 198 g/mol. The Balaban J connectivity index is 2.32. The average molecular weight is 207 g/mol. The fourth-order valence-corrected chi connectivity index (χ4v) is 0.787. The number of rotatable bonds is 5. The molecule has 0 spiro atoms. The van der Waals surface area contributed by atoms with E-state index in [0.29, 0.717) is 5.76 Å². The van der Waals surface area contributed by atoms with Crippen LogP contribution in [0.4, 0.5) is 0 Å². The zero-order valence-electron chi connectivity index (χ0n) is 7.75. The van der Waals surface area contributed by atoms with Gasteiger partial charge in [-0.05, 0) is 18.2 Å². The number of allylic oxidation sites excluding steroid dienone is 2. The van der Waals surface area contributed by atoms with E-state index in [1.54, 1.807) is 36.0 Å². The van der Waals surface area contributed by atoms with Gasteiger partial charge in [-0.3, -0.25) is 4.79 Å². The minimum atomic E-state index is -0.661. The molecule has 1 amide bonds. The minimum Gasteiger partial charge on any atom is -0.465 e. The summed E-state index contributed by atoms with van der Waals surface area (Å²) in [4.78, 5) is 24.8. The third-order valence-corrected chi connectivity index (χ3v) is 1.35. The Morgan fingerprint density at radius 3 is 3.00 bits per heavy atom. The van der Waals surface area contributed by atoms with Crippen LogP contribution in [0.3, 0.4) is 0 Å². The lowest BCUT2D eigenvalue weighted by atomic mass is 10.4. The summed E-state index contributed by atoms with van der Waals surface area (Å²) in [5, 5.41) is 0. The predicted octanol–water partition coefficient (Wildman–Crippen LogP) is 1.05. The predicted molar refractivity (Wildman–Crippen MR) is 52.2 cm³/mol. The van der Waals surface area contributed by atoms with Gasteiger partial charge in [-0.2, -0.15) is 5.48 Å². The maximum Gasteiger partial charge on any atom is 0.355 e. The van der Waals surface area contributed by atoms with E-state index >= 15 is 0 Å². The van der Waals surface area contributed by atoms with Gasteiger partial charge < -0.3 is 9.25 Å². The van der Waals surface area contributed by atoms with Gasteiger partial charge >= 0.3 is 5.97 Å². The highest BCUT2D eigenvalue weighted by molar-refractivity contribution is 5.82. The number of carbonyl (C=O) groups is 2. The van der Waals surface area contributed by atoms with Gasteiger partial charge in [-0.25, -0.2) is 4.79 Å². The molecule has 0 saturated heterocycles. The van der Waals surface area contributed by atoms with Crippen LogP contribution < -0.4 is 5.48 Å². The van der Waals surface area contributed by atoms with Crippen LogP contribution in [0.25, 0.3) is 6.08 Å². The quantitative estimate of drug-likeness (QED) is 0.339. The SMILES string of the molecule is O=CNOC(=O)/C=C/C=C/c1ccco1. The molecule has 1 aromatic heterocycles. The van der Waals surface area contributed by atoms with Gasteiger partial charge in [0.2, 0.25) is 6.41 Å². The highest BCUT2D eigenvalue weighted by Gasteiger charge is 1.92. The normalized spacial score (nSPS) is 10.7. The molecule has 0 radical (unpaired) electrons. The number of hydrogen-bond donors (Lipinski definition) is 1. The van der Waals surface area contributed by atoms with E-state index in [9.17, 15) is 9.59 Å². The van der Waals surface area contributed by atoms with Gasteiger partial charge in [0.15, 0.2) is 0 Å². The van der Waals surface area contributed by atoms with Gasteiger partial charge in [-0.15, -0.1) is 0 Å². The summed E-state index contributed by atoms with van der Waals surface area (Å²) in [6.07, 6.45) is 7.74. The van der Waals surface area contributed by atoms with E-state index < -0.39 is 5.97 Å². The summed E-state index contributed by atoms with van der Waals surface area (Å²) in [5.41, 5.74) is 1.78. The third kappa shape index (κ3) is 4.47. The van der Waals surface area contributed by atoms with Crippen molar-refractivity contribution in [3.05, 3.63) is 42.4 Å². The molecular formula is C10H9NO4. The molecule has 78 valence electrons. The summed E-state index contributed by atoms with van der Waals surface area (Å²) in [6, 6.07) is 3.53. The fraction of sp³-hybridized carbons (Fsp3) is 0. The van der Waals surface area contributed by atoms with Crippen molar-refractivity contribution >= 4 is 18.5 Å². The van der Waals surface area contributed by atoms with Crippen LogP contribution in [0.5, 0.6) is 0 Å². The summed E-state index contributed by atoms with van der Waals surface area (Å²) >= 11 is 0. The first-order chi connectivity index (χ1) is 7.33. The van der Waals surface area contributed by atoms with Gasteiger partial charge in [0.25, 0.3) is 0 Å². The fourth-order valence-electron chi connectivity index (χ4n) is 0.787. The molecule has 0 bridgehead atoms. The van der Waals surface area contributed by atoms with Gasteiger partial charge in [0, 0.05) is 6.08 Å². The summed E-state index contributed by atoms with van der Waals surface area (Å²) < 4.78 is 5.01. The molecule has 0 saturated carbocycles. The molecule has 5 heteroatoms. The molecule has 0 aliphatic heterocycles. The van der Waals surface area contributed by atoms with E-state index in [-0.39, 0.29) is 6.41 Å². The second kappa shape index (κ2) is 6.20. The molecule has 0 aliphatic rings. The van der Waals surface area contributed by atoms with E-state index in [1.165, 1.54) is 6.08 Å². The second-order valence-electron chi connectivity index (χ2n) is 2.39. The van der Waals surface area contributed by atoms with Crippen molar-refractivity contribution in [3.63, 3.8) is 0 Å². The molecule has 0 fully saturated rings. The molecule has 0 unspecified atom stereocenters. The largest absolute Gasteiger partial charge is 0.465 e. The van der Waals surface area contributed by atoms with Crippen LogP contribution in [0.1, 0.15) is 5.76 Å². The van der Waals surface area contributed by atoms with Crippen LogP contribution in [0.2, 0.25) is 0 Å². The number of hydroxylamine groups is 1. The Morgan fingerprint density at radius 2 is 2.33 bits per heavy atom. The van der Waals surface area contributed by atoms with Crippen LogP contribution in [-0.4, -0.2) is 12.4 Å². The Hall–Kier alpha value is -2.30. The van der Waals surface area contributed by atoms with Gasteiger partial charge in [0.05, 0.1) is 6.26 Å². The first-order valence-electron chi connectivity index (χ1n) is 4.11. The zero-order chi connectivity index (χ0) is 10.9.